The Bertz CT molecular complexity index is 686. The lowest BCUT2D eigenvalue weighted by Crippen LogP contribution is -2.56. The van der Waals surface area contributed by atoms with Gasteiger partial charge in [-0.1, -0.05) is 48.5 Å². The molecule has 4 aliphatic carbocycles. The molecule has 1 atom stereocenters. The number of rotatable bonds is 3. The van der Waals surface area contributed by atoms with Crippen molar-refractivity contribution in [1.82, 2.24) is 5.32 Å². The highest BCUT2D eigenvalue weighted by atomic mass is 16.3. The van der Waals surface area contributed by atoms with Crippen molar-refractivity contribution in [2.45, 2.75) is 42.7 Å². The van der Waals surface area contributed by atoms with Crippen molar-refractivity contribution < 1.29 is 5.11 Å². The van der Waals surface area contributed by atoms with E-state index in [1.807, 2.05) is 0 Å². The normalized spacial score (nSPS) is 31.7. The van der Waals surface area contributed by atoms with E-state index in [4.69, 9.17) is 0 Å². The molecule has 6 rings (SSSR count). The molecule has 4 aliphatic rings. The van der Waals surface area contributed by atoms with Gasteiger partial charge in [-0.3, -0.25) is 0 Å². The highest BCUT2D eigenvalue weighted by Gasteiger charge is 2.53. The third-order valence-electron chi connectivity index (χ3n) is 5.91. The van der Waals surface area contributed by atoms with Crippen LogP contribution in [-0.4, -0.2) is 23.8 Å². The maximum Gasteiger partial charge on any atom is 0.0699 e. The maximum atomic E-state index is 11.0. The Hall–Kier alpha value is -1.64. The molecule has 0 aromatic heterocycles. The molecule has 2 heteroatoms. The summed E-state index contributed by atoms with van der Waals surface area (Å²) in [6.07, 6.45) is 3.10. The standard InChI is InChI=1S/C20H21NO/c22-19-11-16-14-5-1-3-7-17(14)20(19,12-21-13-9-10-13)18-8-4-2-6-15(16)18/h1-8,13,16,19,21-22H,9-12H2. The van der Waals surface area contributed by atoms with E-state index >= 15 is 0 Å². The Morgan fingerprint density at radius 3 is 2.14 bits per heavy atom. The summed E-state index contributed by atoms with van der Waals surface area (Å²) in [5.74, 6) is 0.352. The first-order valence-electron chi connectivity index (χ1n) is 8.41. The molecule has 0 heterocycles. The van der Waals surface area contributed by atoms with Crippen LogP contribution in [-0.2, 0) is 5.41 Å². The Balaban J connectivity index is 1.74. The molecule has 22 heavy (non-hydrogen) atoms. The first kappa shape index (κ1) is 12.9. The summed E-state index contributed by atoms with van der Waals surface area (Å²) in [7, 11) is 0. The van der Waals surface area contributed by atoms with Crippen molar-refractivity contribution in [2.75, 3.05) is 6.54 Å². The predicted molar refractivity (Wildman–Crippen MR) is 87.2 cm³/mol. The third kappa shape index (κ3) is 1.57. The lowest BCUT2D eigenvalue weighted by Gasteiger charge is -2.52. The van der Waals surface area contributed by atoms with E-state index in [-0.39, 0.29) is 11.5 Å². The average Bonchev–Trinajstić information content (AvgIpc) is 3.39. The second-order valence-electron chi connectivity index (χ2n) is 7.11. The van der Waals surface area contributed by atoms with Gasteiger partial charge in [0, 0.05) is 18.5 Å². The van der Waals surface area contributed by atoms with E-state index in [0.717, 1.165) is 13.0 Å². The fourth-order valence-electron chi connectivity index (χ4n) is 4.67. The van der Waals surface area contributed by atoms with Crippen LogP contribution in [0.4, 0.5) is 0 Å². The minimum atomic E-state index is -0.298. The molecule has 0 amide bonds. The summed E-state index contributed by atoms with van der Waals surface area (Å²) in [6, 6.07) is 18.1. The van der Waals surface area contributed by atoms with Crippen LogP contribution in [0.3, 0.4) is 0 Å². The lowest BCUT2D eigenvalue weighted by molar-refractivity contribution is 0.0675. The summed E-state index contributed by atoms with van der Waals surface area (Å²) in [5, 5.41) is 14.7. The van der Waals surface area contributed by atoms with Crippen molar-refractivity contribution in [3.05, 3.63) is 70.8 Å². The van der Waals surface area contributed by atoms with E-state index in [1.54, 1.807) is 0 Å². The van der Waals surface area contributed by atoms with Crippen LogP contribution in [0.1, 0.15) is 47.4 Å². The minimum Gasteiger partial charge on any atom is -0.392 e. The van der Waals surface area contributed by atoms with Gasteiger partial charge in [0.2, 0.25) is 0 Å². The second-order valence-corrected chi connectivity index (χ2v) is 7.11. The largest absolute Gasteiger partial charge is 0.392 e. The van der Waals surface area contributed by atoms with Crippen LogP contribution in [0.5, 0.6) is 0 Å². The molecule has 112 valence electrons. The van der Waals surface area contributed by atoms with Crippen molar-refractivity contribution in [1.29, 1.82) is 0 Å². The van der Waals surface area contributed by atoms with Gasteiger partial charge in [0.25, 0.3) is 0 Å². The molecule has 2 aromatic carbocycles. The number of benzene rings is 2. The summed E-state index contributed by atoms with van der Waals surface area (Å²) in [4.78, 5) is 0. The number of aliphatic hydroxyl groups excluding tert-OH is 1. The highest BCUT2D eigenvalue weighted by molar-refractivity contribution is 5.60. The van der Waals surface area contributed by atoms with Gasteiger partial charge in [-0.25, -0.2) is 0 Å². The van der Waals surface area contributed by atoms with Gasteiger partial charge in [0.1, 0.15) is 0 Å². The monoisotopic (exact) mass is 291 g/mol. The van der Waals surface area contributed by atoms with E-state index < -0.39 is 0 Å². The highest BCUT2D eigenvalue weighted by Crippen LogP contribution is 2.56. The maximum absolute atomic E-state index is 11.0. The fraction of sp³-hybridized carbons (Fsp3) is 0.400. The number of hydrogen-bond acceptors (Lipinski definition) is 2. The molecule has 1 saturated carbocycles. The molecule has 0 aliphatic heterocycles. The van der Waals surface area contributed by atoms with Gasteiger partial charge < -0.3 is 10.4 Å². The SMILES string of the molecule is OC1CC2c3ccccc3C1(CNC1CC1)c1ccccc12. The number of nitrogens with one attached hydrogen (secondary N) is 1. The van der Waals surface area contributed by atoms with Crippen LogP contribution < -0.4 is 5.32 Å². The summed E-state index contributed by atoms with van der Waals surface area (Å²) < 4.78 is 0. The zero-order valence-corrected chi connectivity index (χ0v) is 12.6. The van der Waals surface area contributed by atoms with Crippen molar-refractivity contribution >= 4 is 0 Å². The van der Waals surface area contributed by atoms with Crippen molar-refractivity contribution in [3.8, 4) is 0 Å². The van der Waals surface area contributed by atoms with Crippen LogP contribution in [0.2, 0.25) is 0 Å². The van der Waals surface area contributed by atoms with Crippen LogP contribution in [0, 0.1) is 0 Å². The molecule has 2 bridgehead atoms. The molecule has 0 saturated heterocycles. The first-order valence-corrected chi connectivity index (χ1v) is 8.41. The van der Waals surface area contributed by atoms with Crippen molar-refractivity contribution in [2.24, 2.45) is 0 Å². The zero-order valence-electron chi connectivity index (χ0n) is 12.6. The van der Waals surface area contributed by atoms with Gasteiger partial charge >= 0.3 is 0 Å². The third-order valence-corrected chi connectivity index (χ3v) is 5.91. The molecular formula is C20H21NO. The fourth-order valence-corrected chi connectivity index (χ4v) is 4.67. The number of hydrogen-bond donors (Lipinski definition) is 2. The molecule has 0 radical (unpaired) electrons. The second kappa shape index (κ2) is 4.43. The lowest BCUT2D eigenvalue weighted by atomic mass is 9.54. The number of fused-ring (bicyclic) bond motifs is 1. The van der Waals surface area contributed by atoms with Gasteiger partial charge in [0.15, 0.2) is 0 Å². The van der Waals surface area contributed by atoms with Gasteiger partial charge in [0.05, 0.1) is 11.5 Å². The topological polar surface area (TPSA) is 32.3 Å². The Morgan fingerprint density at radius 2 is 1.55 bits per heavy atom. The quantitative estimate of drug-likeness (QED) is 0.911. The van der Waals surface area contributed by atoms with E-state index in [9.17, 15) is 5.11 Å². The Morgan fingerprint density at radius 1 is 0.955 bits per heavy atom. The Labute approximate surface area is 131 Å². The first-order chi connectivity index (χ1) is 10.8. The van der Waals surface area contributed by atoms with Crippen LogP contribution in [0.25, 0.3) is 0 Å². The van der Waals surface area contributed by atoms with E-state index in [1.165, 1.54) is 35.1 Å². The van der Waals surface area contributed by atoms with E-state index in [2.05, 4.69) is 53.8 Å². The Kier molecular flexibility index (Phi) is 2.59. The van der Waals surface area contributed by atoms with Crippen LogP contribution >= 0.6 is 0 Å². The van der Waals surface area contributed by atoms with Gasteiger partial charge in [-0.15, -0.1) is 0 Å². The summed E-state index contributed by atoms with van der Waals surface area (Å²) in [5.41, 5.74) is 5.24. The van der Waals surface area contributed by atoms with E-state index in [0.29, 0.717) is 12.0 Å². The van der Waals surface area contributed by atoms with Crippen molar-refractivity contribution in [3.63, 3.8) is 0 Å². The molecule has 2 N–H and O–H groups in total. The van der Waals surface area contributed by atoms with Crippen LogP contribution in [0.15, 0.2) is 48.5 Å². The molecule has 1 fully saturated rings. The summed E-state index contributed by atoms with van der Waals surface area (Å²) in [6.45, 7) is 0.847. The molecular weight excluding hydrogens is 270 g/mol. The smallest absolute Gasteiger partial charge is 0.0699 e. The molecule has 0 spiro atoms. The van der Waals surface area contributed by atoms with Gasteiger partial charge in [-0.2, -0.15) is 0 Å². The zero-order chi connectivity index (χ0) is 14.7. The number of aliphatic hydroxyl groups is 1. The average molecular weight is 291 g/mol. The minimum absolute atomic E-state index is 0.273. The van der Waals surface area contributed by atoms with Gasteiger partial charge in [-0.05, 0) is 41.5 Å². The molecule has 2 nitrogen and oxygen atoms in total. The molecule has 1 unspecified atom stereocenters. The molecule has 2 aromatic rings. The predicted octanol–water partition coefficient (Wildman–Crippen LogP) is 2.93. The summed E-state index contributed by atoms with van der Waals surface area (Å²) >= 11 is 0.